The number of thioether (sulfide) groups is 1. The van der Waals surface area contributed by atoms with Crippen LogP contribution in [0.25, 0.3) is 0 Å². The van der Waals surface area contributed by atoms with Gasteiger partial charge < -0.3 is 5.11 Å². The summed E-state index contributed by atoms with van der Waals surface area (Å²) in [5.74, 6) is 0.957. The van der Waals surface area contributed by atoms with E-state index in [-0.39, 0.29) is 5.69 Å². The first kappa shape index (κ1) is 11.5. The van der Waals surface area contributed by atoms with Crippen molar-refractivity contribution in [3.8, 4) is 0 Å². The van der Waals surface area contributed by atoms with E-state index in [4.69, 9.17) is 5.11 Å². The second-order valence-corrected chi connectivity index (χ2v) is 5.24. The van der Waals surface area contributed by atoms with Gasteiger partial charge in [0, 0.05) is 16.8 Å². The molecule has 0 saturated heterocycles. The van der Waals surface area contributed by atoms with E-state index in [1.54, 1.807) is 24.0 Å². The molecule has 1 aliphatic rings. The summed E-state index contributed by atoms with van der Waals surface area (Å²) < 4.78 is 0. The van der Waals surface area contributed by atoms with Gasteiger partial charge >= 0.3 is 5.97 Å². The Bertz CT molecular complexity index is 375. The highest BCUT2D eigenvalue weighted by Crippen LogP contribution is 2.30. The summed E-state index contributed by atoms with van der Waals surface area (Å²) in [4.78, 5) is 15.6. The highest BCUT2D eigenvalue weighted by atomic mass is 32.2. The van der Waals surface area contributed by atoms with Crippen LogP contribution in [-0.2, 0) is 0 Å². The molecular weight excluding hydrogens is 222 g/mol. The van der Waals surface area contributed by atoms with Crippen molar-refractivity contribution < 1.29 is 9.90 Å². The molecule has 0 aromatic carbocycles. The van der Waals surface area contributed by atoms with Crippen molar-refractivity contribution in [1.82, 2.24) is 4.98 Å². The Morgan fingerprint density at radius 1 is 1.50 bits per heavy atom. The van der Waals surface area contributed by atoms with Crippen molar-refractivity contribution in [3.05, 3.63) is 24.0 Å². The quantitative estimate of drug-likeness (QED) is 0.818. The fourth-order valence-corrected chi connectivity index (χ4v) is 3.12. The van der Waals surface area contributed by atoms with Crippen LogP contribution in [0, 0.1) is 5.92 Å². The summed E-state index contributed by atoms with van der Waals surface area (Å²) in [6.07, 6.45) is 6.91. The molecule has 0 unspecified atom stereocenters. The lowest BCUT2D eigenvalue weighted by Gasteiger charge is -2.08. The average Bonchev–Trinajstić information content (AvgIpc) is 2.79. The molecule has 1 aromatic rings. The van der Waals surface area contributed by atoms with Gasteiger partial charge in [-0.05, 0) is 30.9 Å². The summed E-state index contributed by atoms with van der Waals surface area (Å²) in [5.41, 5.74) is 0.136. The molecule has 0 spiro atoms. The second kappa shape index (κ2) is 5.34. The number of aromatic nitrogens is 1. The molecule has 1 saturated carbocycles. The number of pyridine rings is 1. The Hall–Kier alpha value is -1.03. The summed E-state index contributed by atoms with van der Waals surface area (Å²) >= 11 is 1.75. The van der Waals surface area contributed by atoms with Gasteiger partial charge in [0.1, 0.15) is 5.69 Å². The van der Waals surface area contributed by atoms with Gasteiger partial charge in [-0.3, -0.25) is 0 Å². The van der Waals surface area contributed by atoms with Crippen LogP contribution >= 0.6 is 11.8 Å². The molecule has 16 heavy (non-hydrogen) atoms. The third kappa shape index (κ3) is 2.98. The molecule has 4 heteroatoms. The first-order valence-electron chi connectivity index (χ1n) is 5.58. The second-order valence-electron chi connectivity index (χ2n) is 4.14. The van der Waals surface area contributed by atoms with Crippen LogP contribution in [0.2, 0.25) is 0 Å². The third-order valence-corrected chi connectivity index (χ3v) is 4.14. The van der Waals surface area contributed by atoms with Crippen LogP contribution in [-0.4, -0.2) is 21.8 Å². The molecule has 0 atom stereocenters. The number of rotatable bonds is 4. The number of nitrogens with zero attached hydrogens (tertiary/aromatic N) is 1. The zero-order valence-corrected chi connectivity index (χ0v) is 9.87. The normalized spacial score (nSPS) is 16.5. The summed E-state index contributed by atoms with van der Waals surface area (Å²) in [7, 11) is 0. The lowest BCUT2D eigenvalue weighted by molar-refractivity contribution is 0.0690. The Morgan fingerprint density at radius 2 is 2.25 bits per heavy atom. The fourth-order valence-electron chi connectivity index (χ4n) is 2.01. The van der Waals surface area contributed by atoms with Crippen molar-refractivity contribution in [2.75, 3.05) is 5.75 Å². The molecule has 3 nitrogen and oxygen atoms in total. The van der Waals surface area contributed by atoms with Gasteiger partial charge in [-0.2, -0.15) is 0 Å². The maximum Gasteiger partial charge on any atom is 0.354 e. The molecule has 1 aromatic heterocycles. The van der Waals surface area contributed by atoms with Gasteiger partial charge in [-0.15, -0.1) is 11.8 Å². The molecule has 1 aliphatic carbocycles. The van der Waals surface area contributed by atoms with Crippen molar-refractivity contribution in [1.29, 1.82) is 0 Å². The summed E-state index contributed by atoms with van der Waals surface area (Å²) in [5, 5.41) is 8.82. The van der Waals surface area contributed by atoms with E-state index < -0.39 is 5.97 Å². The van der Waals surface area contributed by atoms with Gasteiger partial charge in [-0.25, -0.2) is 9.78 Å². The minimum atomic E-state index is -0.955. The lowest BCUT2D eigenvalue weighted by Crippen LogP contribution is -2.00. The maximum absolute atomic E-state index is 10.7. The van der Waals surface area contributed by atoms with Gasteiger partial charge in [0.25, 0.3) is 0 Å². The minimum Gasteiger partial charge on any atom is -0.477 e. The van der Waals surface area contributed by atoms with Crippen LogP contribution in [0.15, 0.2) is 23.2 Å². The number of carboxylic acid groups (broad SMARTS) is 1. The van der Waals surface area contributed by atoms with Crippen LogP contribution in [0.3, 0.4) is 0 Å². The number of hydrogen-bond acceptors (Lipinski definition) is 3. The predicted octanol–water partition coefficient (Wildman–Crippen LogP) is 3.06. The highest BCUT2D eigenvalue weighted by Gasteiger charge is 2.15. The smallest absolute Gasteiger partial charge is 0.354 e. The van der Waals surface area contributed by atoms with E-state index in [1.807, 2.05) is 6.07 Å². The van der Waals surface area contributed by atoms with Crippen LogP contribution < -0.4 is 0 Å². The fraction of sp³-hybridized carbons (Fsp3) is 0.500. The van der Waals surface area contributed by atoms with Crippen molar-refractivity contribution >= 4 is 17.7 Å². The Labute approximate surface area is 99.3 Å². The third-order valence-electron chi connectivity index (χ3n) is 2.91. The van der Waals surface area contributed by atoms with E-state index in [1.165, 1.54) is 25.7 Å². The number of hydrogen-bond donors (Lipinski definition) is 1. The van der Waals surface area contributed by atoms with Crippen molar-refractivity contribution in [2.45, 2.75) is 30.6 Å². The molecule has 0 bridgehead atoms. The van der Waals surface area contributed by atoms with E-state index in [9.17, 15) is 4.79 Å². The molecule has 1 N–H and O–H groups in total. The van der Waals surface area contributed by atoms with Crippen molar-refractivity contribution in [2.24, 2.45) is 5.92 Å². The van der Waals surface area contributed by atoms with E-state index in [0.29, 0.717) is 0 Å². The van der Waals surface area contributed by atoms with E-state index in [0.717, 1.165) is 16.6 Å². The van der Waals surface area contributed by atoms with Gasteiger partial charge in [0.15, 0.2) is 0 Å². The average molecular weight is 237 g/mol. The Balaban J connectivity index is 1.93. The van der Waals surface area contributed by atoms with Crippen LogP contribution in [0.5, 0.6) is 0 Å². The maximum atomic E-state index is 10.7. The molecule has 1 fully saturated rings. The topological polar surface area (TPSA) is 50.2 Å². The Morgan fingerprint density at radius 3 is 2.94 bits per heavy atom. The number of aromatic carboxylic acids is 1. The molecule has 1 heterocycles. The Kier molecular flexibility index (Phi) is 3.83. The molecule has 0 radical (unpaired) electrons. The van der Waals surface area contributed by atoms with E-state index >= 15 is 0 Å². The number of carboxylic acids is 1. The molecule has 0 aliphatic heterocycles. The van der Waals surface area contributed by atoms with E-state index in [2.05, 4.69) is 4.98 Å². The largest absolute Gasteiger partial charge is 0.477 e. The van der Waals surface area contributed by atoms with Gasteiger partial charge in [0.05, 0.1) is 0 Å². The molecule has 0 amide bonds. The zero-order valence-electron chi connectivity index (χ0n) is 9.06. The molecule has 2 rings (SSSR count). The predicted molar refractivity (Wildman–Crippen MR) is 63.9 cm³/mol. The zero-order chi connectivity index (χ0) is 11.4. The molecular formula is C12H15NO2S. The first-order valence-corrected chi connectivity index (χ1v) is 6.56. The standard InChI is InChI=1S/C12H15NO2S/c14-12(15)11-7-10(5-6-13-11)16-8-9-3-1-2-4-9/h5-7,9H,1-4,8H2,(H,14,15). The van der Waals surface area contributed by atoms with Crippen LogP contribution in [0.1, 0.15) is 36.2 Å². The summed E-state index contributed by atoms with van der Waals surface area (Å²) in [6.45, 7) is 0. The minimum absolute atomic E-state index is 0.136. The molecule has 86 valence electrons. The monoisotopic (exact) mass is 237 g/mol. The first-order chi connectivity index (χ1) is 7.75. The summed E-state index contributed by atoms with van der Waals surface area (Å²) in [6, 6.07) is 3.54. The SMILES string of the molecule is O=C(O)c1cc(SCC2CCCC2)ccn1. The lowest BCUT2D eigenvalue weighted by atomic mass is 10.1. The number of carbonyl (C=O) groups is 1. The van der Waals surface area contributed by atoms with Crippen LogP contribution in [0.4, 0.5) is 0 Å². The highest BCUT2D eigenvalue weighted by molar-refractivity contribution is 7.99. The van der Waals surface area contributed by atoms with Crippen molar-refractivity contribution in [3.63, 3.8) is 0 Å². The van der Waals surface area contributed by atoms with Gasteiger partial charge in [-0.1, -0.05) is 12.8 Å². The van der Waals surface area contributed by atoms with Gasteiger partial charge in [0.2, 0.25) is 0 Å².